The summed E-state index contributed by atoms with van der Waals surface area (Å²) in [4.78, 5) is 10.4. The molecule has 46 valence electrons. The molecular weight excluding hydrogens is 104 g/mol. The molecule has 1 amide bonds. The summed E-state index contributed by atoms with van der Waals surface area (Å²) in [7, 11) is 0. The summed E-state index contributed by atoms with van der Waals surface area (Å²) < 4.78 is 0. The molecule has 0 bridgehead atoms. The Bertz CT molecular complexity index is 96.6. The van der Waals surface area contributed by atoms with Gasteiger partial charge in [-0.25, -0.2) is 0 Å². The minimum atomic E-state index is -0.164. The van der Waals surface area contributed by atoms with E-state index in [-0.39, 0.29) is 11.9 Å². The first-order valence-electron chi connectivity index (χ1n) is 2.93. The van der Waals surface area contributed by atoms with Gasteiger partial charge in [0.25, 0.3) is 5.91 Å². The highest BCUT2D eigenvalue weighted by molar-refractivity contribution is 5.78. The molecule has 0 saturated carbocycles. The summed E-state index contributed by atoms with van der Waals surface area (Å²) in [5.41, 5.74) is 5.03. The zero-order valence-corrected chi connectivity index (χ0v) is 4.76. The number of hydrogen-bond donors (Lipinski definition) is 2. The zero-order chi connectivity index (χ0) is 5.98. The molecule has 0 aromatic carbocycles. The van der Waals surface area contributed by atoms with Gasteiger partial charge in [-0.05, 0) is 0 Å². The lowest BCUT2D eigenvalue weighted by molar-refractivity contribution is -0.657. The molecule has 8 heavy (non-hydrogen) atoms. The van der Waals surface area contributed by atoms with Crippen molar-refractivity contribution < 1.29 is 10.1 Å². The molecule has 1 saturated heterocycles. The molecule has 0 spiro atoms. The van der Waals surface area contributed by atoms with Gasteiger partial charge in [-0.3, -0.25) is 4.79 Å². The summed E-state index contributed by atoms with van der Waals surface area (Å²) >= 11 is 0. The van der Waals surface area contributed by atoms with Gasteiger partial charge in [0.05, 0.1) is 6.54 Å². The number of hydrogen-bond acceptors (Lipinski definition) is 1. The molecule has 1 aliphatic rings. The molecule has 1 heterocycles. The van der Waals surface area contributed by atoms with Gasteiger partial charge in [0.2, 0.25) is 0 Å². The third-order valence-electron chi connectivity index (χ3n) is 1.54. The molecule has 4 N–H and O–H groups in total. The van der Waals surface area contributed by atoms with Crippen LogP contribution in [0.25, 0.3) is 0 Å². The van der Waals surface area contributed by atoms with E-state index in [4.69, 9.17) is 5.73 Å². The Morgan fingerprint density at radius 1 is 1.75 bits per heavy atom. The number of nitrogens with two attached hydrogens (primary N) is 2. The van der Waals surface area contributed by atoms with E-state index in [1.807, 2.05) is 5.32 Å². The smallest absolute Gasteiger partial charge is 0.275 e. The highest BCUT2D eigenvalue weighted by Gasteiger charge is 2.22. The second-order valence-electron chi connectivity index (χ2n) is 2.18. The van der Waals surface area contributed by atoms with Crippen molar-refractivity contribution in [3.05, 3.63) is 0 Å². The maximum Gasteiger partial charge on any atom is 0.275 e. The van der Waals surface area contributed by atoms with Crippen molar-refractivity contribution in [1.29, 1.82) is 0 Å². The molecule has 1 fully saturated rings. The minimum absolute atomic E-state index is 0.0787. The third kappa shape index (κ3) is 0.980. The number of carbonyl (C=O) groups excluding carboxylic acids is 1. The normalized spacial score (nSPS) is 28.2. The Balaban J connectivity index is 2.35. The van der Waals surface area contributed by atoms with Gasteiger partial charge in [-0.1, -0.05) is 0 Å². The second kappa shape index (κ2) is 2.13. The molecule has 1 rings (SSSR count). The highest BCUT2D eigenvalue weighted by atomic mass is 16.1. The van der Waals surface area contributed by atoms with Crippen molar-refractivity contribution in [1.82, 2.24) is 0 Å². The van der Waals surface area contributed by atoms with E-state index in [1.54, 1.807) is 0 Å². The van der Waals surface area contributed by atoms with Crippen LogP contribution in [-0.2, 0) is 4.79 Å². The Kier molecular flexibility index (Phi) is 1.48. The van der Waals surface area contributed by atoms with Gasteiger partial charge in [0.1, 0.15) is 0 Å². The molecule has 0 aliphatic carbocycles. The van der Waals surface area contributed by atoms with E-state index in [9.17, 15) is 4.79 Å². The predicted octanol–water partition coefficient (Wildman–Crippen LogP) is -1.80. The lowest BCUT2D eigenvalue weighted by Crippen LogP contribution is -2.89. The third-order valence-corrected chi connectivity index (χ3v) is 1.54. The van der Waals surface area contributed by atoms with Crippen LogP contribution in [0, 0.1) is 0 Å². The lowest BCUT2D eigenvalue weighted by atomic mass is 10.2. The molecule has 3 nitrogen and oxygen atoms in total. The number of amides is 1. The first kappa shape index (κ1) is 5.56. The average molecular weight is 115 g/mol. The van der Waals surface area contributed by atoms with Crippen LogP contribution in [-0.4, -0.2) is 18.5 Å². The molecule has 1 atom stereocenters. The fourth-order valence-electron chi connectivity index (χ4n) is 1.03. The maximum absolute atomic E-state index is 10.4. The van der Waals surface area contributed by atoms with E-state index in [1.165, 1.54) is 0 Å². The van der Waals surface area contributed by atoms with Gasteiger partial charge in [-0.15, -0.1) is 0 Å². The van der Waals surface area contributed by atoms with Crippen molar-refractivity contribution in [3.8, 4) is 0 Å². The summed E-state index contributed by atoms with van der Waals surface area (Å²) in [5.74, 6) is -0.164. The largest absolute Gasteiger partial charge is 0.365 e. The number of rotatable bonds is 1. The topological polar surface area (TPSA) is 59.7 Å². The van der Waals surface area contributed by atoms with Crippen LogP contribution in [0.1, 0.15) is 12.8 Å². The van der Waals surface area contributed by atoms with Gasteiger partial charge in [0.15, 0.2) is 6.04 Å². The van der Waals surface area contributed by atoms with Crippen molar-refractivity contribution >= 4 is 5.91 Å². The molecule has 0 aromatic heterocycles. The minimum Gasteiger partial charge on any atom is -0.365 e. The number of quaternary nitrogens is 1. The molecule has 1 aliphatic heterocycles. The standard InChI is InChI=1S/C5H10N2O/c6-5(8)4-2-1-3-7-4/h4,7H,1-3H2,(H2,6,8)/p+1. The SMILES string of the molecule is NC(=O)C1CCC[NH2+]1. The Labute approximate surface area is 48.2 Å². The molecule has 1 unspecified atom stereocenters. The fraction of sp³-hybridized carbons (Fsp3) is 0.800. The quantitative estimate of drug-likeness (QED) is 0.416. The van der Waals surface area contributed by atoms with Gasteiger partial charge in [0, 0.05) is 12.8 Å². The van der Waals surface area contributed by atoms with E-state index in [0.717, 1.165) is 19.4 Å². The van der Waals surface area contributed by atoms with Gasteiger partial charge < -0.3 is 11.1 Å². The van der Waals surface area contributed by atoms with Crippen LogP contribution in [0.5, 0.6) is 0 Å². The van der Waals surface area contributed by atoms with Crippen LogP contribution >= 0.6 is 0 Å². The van der Waals surface area contributed by atoms with Crippen molar-refractivity contribution in [3.63, 3.8) is 0 Å². The fourth-order valence-corrected chi connectivity index (χ4v) is 1.03. The Morgan fingerprint density at radius 2 is 2.50 bits per heavy atom. The molecular formula is C5H11N2O+. The van der Waals surface area contributed by atoms with E-state index < -0.39 is 0 Å². The van der Waals surface area contributed by atoms with E-state index in [0.29, 0.717) is 0 Å². The summed E-state index contributed by atoms with van der Waals surface area (Å²) in [6.45, 7) is 1.06. The monoisotopic (exact) mass is 115 g/mol. The van der Waals surface area contributed by atoms with Gasteiger partial charge >= 0.3 is 0 Å². The average Bonchev–Trinajstić information content (AvgIpc) is 2.12. The molecule has 0 aromatic rings. The Morgan fingerprint density at radius 3 is 2.75 bits per heavy atom. The predicted molar refractivity (Wildman–Crippen MR) is 29.0 cm³/mol. The molecule has 3 heteroatoms. The number of primary amides is 1. The molecule has 0 radical (unpaired) electrons. The van der Waals surface area contributed by atoms with E-state index >= 15 is 0 Å². The number of carbonyl (C=O) groups is 1. The van der Waals surface area contributed by atoms with Crippen LogP contribution in [0.2, 0.25) is 0 Å². The van der Waals surface area contributed by atoms with Crippen LogP contribution in [0.4, 0.5) is 0 Å². The first-order valence-corrected chi connectivity index (χ1v) is 2.93. The lowest BCUT2D eigenvalue weighted by Gasteiger charge is -1.97. The zero-order valence-electron chi connectivity index (χ0n) is 4.76. The summed E-state index contributed by atoms with van der Waals surface area (Å²) in [6.07, 6.45) is 2.10. The van der Waals surface area contributed by atoms with Crippen molar-refractivity contribution in [2.75, 3.05) is 6.54 Å². The highest BCUT2D eigenvalue weighted by Crippen LogP contribution is 1.94. The van der Waals surface area contributed by atoms with Gasteiger partial charge in [-0.2, -0.15) is 0 Å². The summed E-state index contributed by atoms with van der Waals surface area (Å²) in [6, 6.07) is 0.0787. The van der Waals surface area contributed by atoms with Crippen molar-refractivity contribution in [2.45, 2.75) is 18.9 Å². The van der Waals surface area contributed by atoms with Crippen LogP contribution in [0.15, 0.2) is 0 Å². The first-order chi connectivity index (χ1) is 3.80. The van der Waals surface area contributed by atoms with Crippen LogP contribution in [0.3, 0.4) is 0 Å². The maximum atomic E-state index is 10.4. The van der Waals surface area contributed by atoms with Crippen molar-refractivity contribution in [2.24, 2.45) is 5.73 Å². The second-order valence-corrected chi connectivity index (χ2v) is 2.18. The Hall–Kier alpha value is -0.570. The van der Waals surface area contributed by atoms with E-state index in [2.05, 4.69) is 0 Å². The summed E-state index contributed by atoms with van der Waals surface area (Å²) in [5, 5.41) is 2.00. The van der Waals surface area contributed by atoms with Crippen LogP contribution < -0.4 is 11.1 Å².